The van der Waals surface area contributed by atoms with E-state index in [2.05, 4.69) is 19.2 Å². The standard InChI is InChI=1S/C29H29ClFN5O5S/c30-20-5-7-26(22(31)15-20)42(39,40)34-27-3-1-2-23(32-27)18-8-11-35(12-9-18)17-28-33-24-6-4-19(29(37)38)14-25(24)36(28)16-21-10-13-41-21/h1-7,14-15,18,21H,8-13,16-17H2,(H,32,34)(H,37,38)/t21-/m0/s1. The monoisotopic (exact) mass is 613 g/mol. The number of carboxylic acid groups (broad SMARTS) is 1. The van der Waals surface area contributed by atoms with Crippen LogP contribution in [0.5, 0.6) is 0 Å². The summed E-state index contributed by atoms with van der Waals surface area (Å²) in [6.45, 7) is 3.52. The highest BCUT2D eigenvalue weighted by Crippen LogP contribution is 2.30. The van der Waals surface area contributed by atoms with E-state index in [0.29, 0.717) is 13.1 Å². The molecule has 10 nitrogen and oxygen atoms in total. The summed E-state index contributed by atoms with van der Waals surface area (Å²) in [5, 5.41) is 9.59. The fraction of sp³-hybridized carbons (Fsp3) is 0.345. The molecule has 4 heterocycles. The third kappa shape index (κ3) is 5.98. The first kappa shape index (κ1) is 28.5. The smallest absolute Gasteiger partial charge is 0.335 e. The van der Waals surface area contributed by atoms with Gasteiger partial charge in [0.2, 0.25) is 0 Å². The molecule has 1 atom stereocenters. The number of carboxylic acids is 1. The number of pyridine rings is 1. The van der Waals surface area contributed by atoms with Crippen LogP contribution in [0.4, 0.5) is 10.2 Å². The van der Waals surface area contributed by atoms with E-state index in [0.717, 1.165) is 73.6 Å². The van der Waals surface area contributed by atoms with Gasteiger partial charge in [0.15, 0.2) is 0 Å². The van der Waals surface area contributed by atoms with Gasteiger partial charge in [-0.2, -0.15) is 0 Å². The number of rotatable bonds is 9. The number of anilines is 1. The number of aromatic nitrogens is 3. The van der Waals surface area contributed by atoms with Gasteiger partial charge in [0, 0.05) is 23.2 Å². The lowest BCUT2D eigenvalue weighted by atomic mass is 9.93. The number of aromatic carboxylic acids is 1. The zero-order valence-electron chi connectivity index (χ0n) is 22.5. The van der Waals surface area contributed by atoms with Gasteiger partial charge in [0.25, 0.3) is 10.0 Å². The van der Waals surface area contributed by atoms with Crippen molar-refractivity contribution in [1.82, 2.24) is 19.4 Å². The normalized spacial score (nSPS) is 18.2. The first-order valence-electron chi connectivity index (χ1n) is 13.7. The summed E-state index contributed by atoms with van der Waals surface area (Å²) in [6.07, 6.45) is 2.67. The summed E-state index contributed by atoms with van der Waals surface area (Å²) >= 11 is 5.76. The molecule has 2 saturated heterocycles. The number of piperidine rings is 1. The van der Waals surface area contributed by atoms with Crippen LogP contribution in [0.1, 0.15) is 47.1 Å². The van der Waals surface area contributed by atoms with Gasteiger partial charge in [-0.15, -0.1) is 0 Å². The first-order chi connectivity index (χ1) is 20.2. The topological polar surface area (TPSA) is 127 Å². The molecule has 0 amide bonds. The predicted octanol–water partition coefficient (Wildman–Crippen LogP) is 4.89. The summed E-state index contributed by atoms with van der Waals surface area (Å²) in [6, 6.07) is 13.5. The van der Waals surface area contributed by atoms with Crippen molar-refractivity contribution in [3.8, 4) is 0 Å². The van der Waals surface area contributed by atoms with Gasteiger partial charge in [-0.25, -0.2) is 27.6 Å². The Morgan fingerprint density at radius 3 is 2.57 bits per heavy atom. The van der Waals surface area contributed by atoms with Gasteiger partial charge >= 0.3 is 5.97 Å². The molecule has 0 saturated carbocycles. The van der Waals surface area contributed by atoms with Crippen molar-refractivity contribution in [2.24, 2.45) is 0 Å². The van der Waals surface area contributed by atoms with Crippen LogP contribution >= 0.6 is 11.6 Å². The molecule has 220 valence electrons. The SMILES string of the molecule is O=C(O)c1ccc2nc(CN3CCC(c4cccc(NS(=O)(=O)c5ccc(Cl)cc5F)n4)CC3)n(C[C@@H]3CCO3)c2c1. The molecular formula is C29H29ClFN5O5S. The minimum Gasteiger partial charge on any atom is -0.478 e. The lowest BCUT2D eigenvalue weighted by Gasteiger charge is -2.32. The van der Waals surface area contributed by atoms with Gasteiger partial charge < -0.3 is 14.4 Å². The Morgan fingerprint density at radius 1 is 1.10 bits per heavy atom. The van der Waals surface area contributed by atoms with Crippen molar-refractivity contribution in [2.75, 3.05) is 24.4 Å². The highest BCUT2D eigenvalue weighted by molar-refractivity contribution is 7.92. The third-order valence-corrected chi connectivity index (χ3v) is 9.44. The van der Waals surface area contributed by atoms with Gasteiger partial charge in [-0.05, 0) is 80.9 Å². The van der Waals surface area contributed by atoms with Gasteiger partial charge in [-0.3, -0.25) is 9.62 Å². The van der Waals surface area contributed by atoms with E-state index in [-0.39, 0.29) is 28.4 Å². The second kappa shape index (κ2) is 11.6. The Kier molecular flexibility index (Phi) is 7.88. The molecule has 0 aliphatic carbocycles. The number of ether oxygens (including phenoxy) is 1. The summed E-state index contributed by atoms with van der Waals surface area (Å²) < 4.78 is 50.0. The molecule has 2 aromatic heterocycles. The number of halogens is 2. The van der Waals surface area contributed by atoms with E-state index in [4.69, 9.17) is 21.3 Å². The van der Waals surface area contributed by atoms with Crippen LogP contribution in [0.3, 0.4) is 0 Å². The molecule has 0 bridgehead atoms. The second-order valence-corrected chi connectivity index (χ2v) is 12.7. The summed E-state index contributed by atoms with van der Waals surface area (Å²) in [5.74, 6) is -0.800. The van der Waals surface area contributed by atoms with Crippen molar-refractivity contribution in [3.05, 3.63) is 82.5 Å². The Morgan fingerprint density at radius 2 is 1.88 bits per heavy atom. The van der Waals surface area contributed by atoms with Crippen LogP contribution < -0.4 is 4.72 Å². The van der Waals surface area contributed by atoms with Crippen molar-refractivity contribution in [2.45, 2.75) is 49.3 Å². The quantitative estimate of drug-likeness (QED) is 0.273. The summed E-state index contributed by atoms with van der Waals surface area (Å²) in [4.78, 5) is 22.8. The molecular weight excluding hydrogens is 585 g/mol. The number of benzene rings is 2. The number of likely N-dealkylation sites (tertiary alicyclic amines) is 1. The number of fused-ring (bicyclic) bond motifs is 1. The summed E-state index contributed by atoms with van der Waals surface area (Å²) in [5.41, 5.74) is 2.53. The van der Waals surface area contributed by atoms with Gasteiger partial charge in [-0.1, -0.05) is 17.7 Å². The van der Waals surface area contributed by atoms with E-state index in [1.165, 1.54) is 12.1 Å². The number of sulfonamides is 1. The molecule has 2 N–H and O–H groups in total. The number of hydrogen-bond donors (Lipinski definition) is 2. The molecule has 0 spiro atoms. The molecule has 6 rings (SSSR count). The predicted molar refractivity (Wildman–Crippen MR) is 155 cm³/mol. The Labute approximate surface area is 247 Å². The average molecular weight is 614 g/mol. The van der Waals surface area contributed by atoms with Crippen LogP contribution in [0.15, 0.2) is 59.5 Å². The van der Waals surface area contributed by atoms with Gasteiger partial charge in [0.05, 0.1) is 35.8 Å². The zero-order chi connectivity index (χ0) is 29.4. The van der Waals surface area contributed by atoms with Crippen molar-refractivity contribution in [3.63, 3.8) is 0 Å². The lowest BCUT2D eigenvalue weighted by molar-refractivity contribution is -0.0592. The van der Waals surface area contributed by atoms with E-state index in [9.17, 15) is 22.7 Å². The Hall–Kier alpha value is -3.58. The Balaban J connectivity index is 1.14. The number of carbonyl (C=O) groups is 1. The van der Waals surface area contributed by atoms with Gasteiger partial charge in [0.1, 0.15) is 22.4 Å². The maximum absolute atomic E-state index is 14.3. The second-order valence-electron chi connectivity index (χ2n) is 10.6. The molecule has 4 aromatic rings. The van der Waals surface area contributed by atoms with Crippen LogP contribution in [-0.2, 0) is 27.8 Å². The van der Waals surface area contributed by atoms with E-state index in [1.807, 2.05) is 6.07 Å². The fourth-order valence-electron chi connectivity index (χ4n) is 5.47. The number of imidazole rings is 1. The molecule has 2 aliphatic heterocycles. The molecule has 13 heteroatoms. The Bertz CT molecular complexity index is 1750. The van der Waals surface area contributed by atoms with Crippen molar-refractivity contribution in [1.29, 1.82) is 0 Å². The maximum atomic E-state index is 14.3. The van der Waals surface area contributed by atoms with Crippen LogP contribution in [0, 0.1) is 5.82 Å². The number of nitrogens with zero attached hydrogens (tertiary/aromatic N) is 4. The first-order valence-corrected chi connectivity index (χ1v) is 15.5. The maximum Gasteiger partial charge on any atom is 0.335 e. The highest BCUT2D eigenvalue weighted by Gasteiger charge is 2.27. The van der Waals surface area contributed by atoms with E-state index >= 15 is 0 Å². The summed E-state index contributed by atoms with van der Waals surface area (Å²) in [7, 11) is -4.19. The average Bonchev–Trinajstić information content (AvgIpc) is 3.26. The minimum absolute atomic E-state index is 0.0901. The van der Waals surface area contributed by atoms with Crippen LogP contribution in [0.25, 0.3) is 11.0 Å². The largest absolute Gasteiger partial charge is 0.478 e. The van der Waals surface area contributed by atoms with Crippen LogP contribution in [0.2, 0.25) is 5.02 Å². The number of nitrogens with one attached hydrogen (secondary N) is 1. The highest BCUT2D eigenvalue weighted by atomic mass is 35.5. The molecule has 2 aliphatic rings. The molecule has 2 aromatic carbocycles. The van der Waals surface area contributed by atoms with E-state index in [1.54, 1.807) is 24.3 Å². The molecule has 0 radical (unpaired) electrons. The molecule has 0 unspecified atom stereocenters. The fourth-order valence-corrected chi connectivity index (χ4v) is 6.69. The zero-order valence-corrected chi connectivity index (χ0v) is 24.1. The van der Waals surface area contributed by atoms with Crippen molar-refractivity contribution >= 4 is 44.4 Å². The lowest BCUT2D eigenvalue weighted by Crippen LogP contribution is -2.35. The number of hydrogen-bond acceptors (Lipinski definition) is 7. The molecule has 42 heavy (non-hydrogen) atoms. The minimum atomic E-state index is -4.19. The third-order valence-electron chi connectivity index (χ3n) is 7.82. The van der Waals surface area contributed by atoms with E-state index < -0.39 is 26.7 Å². The van der Waals surface area contributed by atoms with Crippen LogP contribution in [-0.4, -0.2) is 64.7 Å². The van der Waals surface area contributed by atoms with Crippen molar-refractivity contribution < 1.29 is 27.4 Å². The molecule has 2 fully saturated rings.